The second-order valence-electron chi connectivity index (χ2n) is 2.90. The van der Waals surface area contributed by atoms with Crippen LogP contribution in [0.15, 0.2) is 24.3 Å². The lowest BCUT2D eigenvalue weighted by molar-refractivity contribution is 0.317. The van der Waals surface area contributed by atoms with Crippen molar-refractivity contribution in [2.75, 3.05) is 18.5 Å². The smallest absolute Gasteiger partial charge is 0.119 e. The lowest BCUT2D eigenvalue weighted by Gasteiger charge is -2.06. The summed E-state index contributed by atoms with van der Waals surface area (Å²) in [4.78, 5) is 0. The molecule has 0 spiro atoms. The summed E-state index contributed by atoms with van der Waals surface area (Å²) in [7, 11) is 0. The second kappa shape index (κ2) is 5.46. The van der Waals surface area contributed by atoms with E-state index >= 15 is 0 Å². The van der Waals surface area contributed by atoms with Gasteiger partial charge in [0.2, 0.25) is 0 Å². The minimum absolute atomic E-state index is 0.792. The highest BCUT2D eigenvalue weighted by molar-refractivity contribution is 5.46. The number of hydrogen-bond donors (Lipinski definition) is 1. The standard InChI is InChI=1S/C11H17NO/c1-3-9-13-11-7-5-10(6-8-11)12-4-2/h5-8,12H,3-4,9H2,1-2H3. The summed E-state index contributed by atoms with van der Waals surface area (Å²) in [6.07, 6.45) is 1.05. The Balaban J connectivity index is 2.48. The molecule has 0 aromatic heterocycles. The molecular weight excluding hydrogens is 162 g/mol. The van der Waals surface area contributed by atoms with Crippen molar-refractivity contribution in [1.29, 1.82) is 0 Å². The van der Waals surface area contributed by atoms with Gasteiger partial charge >= 0.3 is 0 Å². The van der Waals surface area contributed by atoms with Crippen LogP contribution in [-0.4, -0.2) is 13.2 Å². The van der Waals surface area contributed by atoms with Crippen molar-refractivity contribution in [3.8, 4) is 5.75 Å². The van der Waals surface area contributed by atoms with E-state index < -0.39 is 0 Å². The lowest BCUT2D eigenvalue weighted by Crippen LogP contribution is -1.97. The summed E-state index contributed by atoms with van der Waals surface area (Å²) in [5.41, 5.74) is 1.14. The van der Waals surface area contributed by atoms with Gasteiger partial charge in [0, 0.05) is 12.2 Å². The van der Waals surface area contributed by atoms with Gasteiger partial charge in [-0.1, -0.05) is 6.92 Å². The van der Waals surface area contributed by atoms with E-state index in [-0.39, 0.29) is 0 Å². The molecule has 0 bridgehead atoms. The van der Waals surface area contributed by atoms with E-state index in [0.717, 1.165) is 31.0 Å². The summed E-state index contributed by atoms with van der Waals surface area (Å²) >= 11 is 0. The molecule has 1 aromatic carbocycles. The molecule has 72 valence electrons. The average Bonchev–Trinajstić information content (AvgIpc) is 2.17. The molecular formula is C11H17NO. The van der Waals surface area contributed by atoms with E-state index in [0.29, 0.717) is 0 Å². The number of anilines is 1. The van der Waals surface area contributed by atoms with E-state index in [1.54, 1.807) is 0 Å². The molecule has 0 saturated carbocycles. The molecule has 0 fully saturated rings. The normalized spacial score (nSPS) is 9.69. The van der Waals surface area contributed by atoms with E-state index in [1.165, 1.54) is 0 Å². The molecule has 13 heavy (non-hydrogen) atoms. The van der Waals surface area contributed by atoms with Crippen LogP contribution in [0.3, 0.4) is 0 Å². The number of nitrogens with one attached hydrogen (secondary N) is 1. The van der Waals surface area contributed by atoms with E-state index in [2.05, 4.69) is 19.2 Å². The molecule has 0 saturated heterocycles. The van der Waals surface area contributed by atoms with Crippen molar-refractivity contribution < 1.29 is 4.74 Å². The summed E-state index contributed by atoms with van der Waals surface area (Å²) in [6.45, 7) is 5.93. The zero-order valence-electron chi connectivity index (χ0n) is 8.34. The molecule has 0 aliphatic heterocycles. The zero-order chi connectivity index (χ0) is 9.52. The highest BCUT2D eigenvalue weighted by Crippen LogP contribution is 2.15. The first-order valence-corrected chi connectivity index (χ1v) is 4.83. The van der Waals surface area contributed by atoms with E-state index in [9.17, 15) is 0 Å². The van der Waals surface area contributed by atoms with Crippen molar-refractivity contribution >= 4 is 5.69 Å². The molecule has 0 radical (unpaired) electrons. The van der Waals surface area contributed by atoms with Crippen LogP contribution in [0.4, 0.5) is 5.69 Å². The Bertz CT molecular complexity index is 230. The van der Waals surface area contributed by atoms with Crippen LogP contribution in [0.5, 0.6) is 5.75 Å². The van der Waals surface area contributed by atoms with Gasteiger partial charge in [0.1, 0.15) is 5.75 Å². The molecule has 0 amide bonds. The summed E-state index contributed by atoms with van der Waals surface area (Å²) in [6, 6.07) is 8.06. The van der Waals surface area contributed by atoms with Gasteiger partial charge in [0.15, 0.2) is 0 Å². The Labute approximate surface area is 79.9 Å². The minimum Gasteiger partial charge on any atom is -0.494 e. The average molecular weight is 179 g/mol. The van der Waals surface area contributed by atoms with Crippen molar-refractivity contribution in [3.63, 3.8) is 0 Å². The van der Waals surface area contributed by atoms with Gasteiger partial charge in [0.05, 0.1) is 6.61 Å². The maximum absolute atomic E-state index is 5.46. The minimum atomic E-state index is 0.792. The van der Waals surface area contributed by atoms with E-state index in [4.69, 9.17) is 4.74 Å². The molecule has 0 heterocycles. The fraction of sp³-hybridized carbons (Fsp3) is 0.455. The van der Waals surface area contributed by atoms with Crippen LogP contribution in [0, 0.1) is 0 Å². The van der Waals surface area contributed by atoms with Crippen molar-refractivity contribution in [1.82, 2.24) is 0 Å². The molecule has 1 N–H and O–H groups in total. The fourth-order valence-corrected chi connectivity index (χ4v) is 1.09. The fourth-order valence-electron chi connectivity index (χ4n) is 1.09. The summed E-state index contributed by atoms with van der Waals surface area (Å²) < 4.78 is 5.46. The Morgan fingerprint density at radius 1 is 1.15 bits per heavy atom. The Morgan fingerprint density at radius 3 is 2.38 bits per heavy atom. The monoisotopic (exact) mass is 179 g/mol. The third-order valence-electron chi connectivity index (χ3n) is 1.71. The molecule has 0 aliphatic rings. The van der Waals surface area contributed by atoms with E-state index in [1.807, 2.05) is 24.3 Å². The van der Waals surface area contributed by atoms with Crippen LogP contribution in [0.25, 0.3) is 0 Å². The number of benzene rings is 1. The predicted octanol–water partition coefficient (Wildman–Crippen LogP) is 2.91. The van der Waals surface area contributed by atoms with Gasteiger partial charge in [-0.2, -0.15) is 0 Å². The maximum Gasteiger partial charge on any atom is 0.119 e. The van der Waals surface area contributed by atoms with Crippen LogP contribution in [0.1, 0.15) is 20.3 Å². The number of hydrogen-bond acceptors (Lipinski definition) is 2. The molecule has 1 rings (SSSR count). The van der Waals surface area contributed by atoms with Gasteiger partial charge in [-0.3, -0.25) is 0 Å². The number of rotatable bonds is 5. The molecule has 2 nitrogen and oxygen atoms in total. The van der Waals surface area contributed by atoms with Crippen molar-refractivity contribution in [2.24, 2.45) is 0 Å². The molecule has 0 aliphatic carbocycles. The van der Waals surface area contributed by atoms with Crippen LogP contribution < -0.4 is 10.1 Å². The summed E-state index contributed by atoms with van der Waals surface area (Å²) in [5, 5.41) is 3.24. The molecule has 2 heteroatoms. The van der Waals surface area contributed by atoms with Gasteiger partial charge in [0.25, 0.3) is 0 Å². The van der Waals surface area contributed by atoms with Gasteiger partial charge in [-0.15, -0.1) is 0 Å². The quantitative estimate of drug-likeness (QED) is 0.750. The zero-order valence-corrected chi connectivity index (χ0v) is 8.34. The third kappa shape index (κ3) is 3.36. The highest BCUT2D eigenvalue weighted by Gasteiger charge is 1.92. The topological polar surface area (TPSA) is 21.3 Å². The first-order valence-electron chi connectivity index (χ1n) is 4.83. The first kappa shape index (κ1) is 9.90. The number of ether oxygens (including phenoxy) is 1. The largest absolute Gasteiger partial charge is 0.494 e. The predicted molar refractivity (Wildman–Crippen MR) is 56.4 cm³/mol. The third-order valence-corrected chi connectivity index (χ3v) is 1.71. The second-order valence-corrected chi connectivity index (χ2v) is 2.90. The maximum atomic E-state index is 5.46. The Kier molecular flexibility index (Phi) is 4.16. The van der Waals surface area contributed by atoms with Crippen molar-refractivity contribution in [2.45, 2.75) is 20.3 Å². The van der Waals surface area contributed by atoms with Gasteiger partial charge in [-0.25, -0.2) is 0 Å². The van der Waals surface area contributed by atoms with Crippen LogP contribution in [0.2, 0.25) is 0 Å². The SMILES string of the molecule is CCCOc1ccc(NCC)cc1. The Hall–Kier alpha value is -1.18. The van der Waals surface area contributed by atoms with Gasteiger partial charge in [-0.05, 0) is 37.6 Å². The molecule has 0 atom stereocenters. The van der Waals surface area contributed by atoms with Crippen LogP contribution >= 0.6 is 0 Å². The summed E-state index contributed by atoms with van der Waals surface area (Å²) in [5.74, 6) is 0.948. The van der Waals surface area contributed by atoms with Crippen LogP contribution in [-0.2, 0) is 0 Å². The first-order chi connectivity index (χ1) is 6.36. The molecule has 0 unspecified atom stereocenters. The molecule has 1 aromatic rings. The highest BCUT2D eigenvalue weighted by atomic mass is 16.5. The van der Waals surface area contributed by atoms with Crippen molar-refractivity contribution in [3.05, 3.63) is 24.3 Å². The Morgan fingerprint density at radius 2 is 1.85 bits per heavy atom. The van der Waals surface area contributed by atoms with Gasteiger partial charge < -0.3 is 10.1 Å². The lowest BCUT2D eigenvalue weighted by atomic mass is 10.3.